The van der Waals surface area contributed by atoms with Crippen molar-refractivity contribution < 1.29 is 0 Å². The first-order valence-electron chi connectivity index (χ1n) is 15.4. The molecule has 4 heterocycles. The van der Waals surface area contributed by atoms with Crippen LogP contribution in [0.2, 0.25) is 0 Å². The van der Waals surface area contributed by atoms with Crippen molar-refractivity contribution in [3.63, 3.8) is 0 Å². The lowest BCUT2D eigenvalue weighted by atomic mass is 9.94. The molecule has 5 aromatic rings. The summed E-state index contributed by atoms with van der Waals surface area (Å²) < 4.78 is 0. The summed E-state index contributed by atoms with van der Waals surface area (Å²) >= 11 is 0. The smallest absolute Gasteiger partial charge is 0.103 e. The molecule has 7 nitrogen and oxygen atoms in total. The third-order valence-electron chi connectivity index (χ3n) is 8.38. The molecule has 1 saturated heterocycles. The molecule has 0 radical (unpaired) electrons. The number of fused-ring (bicyclic) bond motifs is 1. The molecule has 0 amide bonds. The van der Waals surface area contributed by atoms with E-state index in [2.05, 4.69) is 69.5 Å². The summed E-state index contributed by atoms with van der Waals surface area (Å²) in [5.74, 6) is 0.985. The Bertz CT molecular complexity index is 1760. The number of pyridine rings is 3. The summed E-state index contributed by atoms with van der Waals surface area (Å²) in [5.41, 5.74) is 21.6. The Hall–Kier alpha value is -4.72. The summed E-state index contributed by atoms with van der Waals surface area (Å²) in [5, 5.41) is 1.06. The van der Waals surface area contributed by atoms with Gasteiger partial charge in [0, 0.05) is 47.8 Å². The van der Waals surface area contributed by atoms with Gasteiger partial charge in [0.05, 0.1) is 28.3 Å². The van der Waals surface area contributed by atoms with Gasteiger partial charge in [0.1, 0.15) is 5.84 Å². The average molecular weight is 582 g/mol. The van der Waals surface area contributed by atoms with E-state index in [-0.39, 0.29) is 5.92 Å². The van der Waals surface area contributed by atoms with E-state index in [9.17, 15) is 0 Å². The Morgan fingerprint density at radius 1 is 0.909 bits per heavy atom. The summed E-state index contributed by atoms with van der Waals surface area (Å²) in [6, 6.07) is 29.4. The number of amidine groups is 1. The molecule has 1 aliphatic rings. The number of hydrogen-bond donors (Lipinski definition) is 2. The van der Waals surface area contributed by atoms with Crippen LogP contribution in [0.25, 0.3) is 39.0 Å². The van der Waals surface area contributed by atoms with Crippen molar-refractivity contribution in [2.45, 2.75) is 32.7 Å². The zero-order valence-electron chi connectivity index (χ0n) is 25.2. The maximum Gasteiger partial charge on any atom is 0.103 e. The molecule has 0 atom stereocenters. The van der Waals surface area contributed by atoms with Crippen molar-refractivity contribution in [2.75, 3.05) is 19.6 Å². The second-order valence-electron chi connectivity index (χ2n) is 11.3. The molecule has 222 valence electrons. The lowest BCUT2D eigenvalue weighted by Crippen LogP contribution is -2.38. The molecular weight excluding hydrogens is 542 g/mol. The highest BCUT2D eigenvalue weighted by Crippen LogP contribution is 2.34. The zero-order valence-corrected chi connectivity index (χ0v) is 25.2. The van der Waals surface area contributed by atoms with Crippen LogP contribution in [-0.4, -0.2) is 45.3 Å². The molecule has 0 aliphatic carbocycles. The third-order valence-corrected chi connectivity index (χ3v) is 8.38. The van der Waals surface area contributed by atoms with E-state index in [0.29, 0.717) is 12.4 Å². The van der Waals surface area contributed by atoms with E-state index in [0.717, 1.165) is 89.3 Å². The van der Waals surface area contributed by atoms with Crippen molar-refractivity contribution in [1.29, 1.82) is 0 Å². The average Bonchev–Trinajstić information content (AvgIpc) is 3.08. The predicted octanol–water partition coefficient (Wildman–Crippen LogP) is 6.49. The minimum absolute atomic E-state index is 0.281. The Balaban J connectivity index is 1.17. The van der Waals surface area contributed by atoms with Crippen LogP contribution in [-0.2, 0) is 13.0 Å². The molecule has 0 spiro atoms. The number of allylic oxidation sites excluding steroid dienone is 1. The van der Waals surface area contributed by atoms with Gasteiger partial charge >= 0.3 is 0 Å². The van der Waals surface area contributed by atoms with Gasteiger partial charge in [0.25, 0.3) is 0 Å². The molecule has 6 rings (SSSR count). The van der Waals surface area contributed by atoms with Gasteiger partial charge in [0.15, 0.2) is 0 Å². The number of nitrogens with two attached hydrogens (primary N) is 2. The number of piperidine rings is 1. The number of aromatic nitrogens is 3. The molecular formula is C37H39N7. The van der Waals surface area contributed by atoms with Crippen molar-refractivity contribution in [2.24, 2.45) is 22.4 Å². The molecule has 4 N–H and O–H groups in total. The van der Waals surface area contributed by atoms with Crippen LogP contribution in [0.1, 0.15) is 36.7 Å². The third kappa shape index (κ3) is 6.59. The fourth-order valence-corrected chi connectivity index (χ4v) is 5.97. The van der Waals surface area contributed by atoms with Gasteiger partial charge in [-0.2, -0.15) is 0 Å². The molecule has 0 saturated carbocycles. The maximum absolute atomic E-state index is 6.49. The van der Waals surface area contributed by atoms with Crippen LogP contribution in [0.4, 0.5) is 0 Å². The van der Waals surface area contributed by atoms with E-state index in [4.69, 9.17) is 21.4 Å². The molecule has 1 fully saturated rings. The number of rotatable bonds is 9. The maximum atomic E-state index is 6.49. The first-order chi connectivity index (χ1) is 21.6. The standard InChI is InChI=1S/C37H39N7/c1-2-32(35-10-6-7-20-40-35)43-37(39)29-17-22-44(23-18-29)25-26-11-13-28(14-12-26)36-30(27-8-4-3-5-9-27)24-31-33(15-19-38)41-21-16-34(31)42-36/h2-14,16,20-21,24,29H,15,17-19,22-23,25,38H2,1H3,(H2,39,43). The van der Waals surface area contributed by atoms with Gasteiger partial charge in [0.2, 0.25) is 0 Å². The van der Waals surface area contributed by atoms with Crippen LogP contribution in [0, 0.1) is 5.92 Å². The Morgan fingerprint density at radius 2 is 1.68 bits per heavy atom. The van der Waals surface area contributed by atoms with E-state index in [1.54, 1.807) is 6.20 Å². The predicted molar refractivity (Wildman–Crippen MR) is 181 cm³/mol. The number of likely N-dealkylation sites (tertiary alicyclic amines) is 1. The van der Waals surface area contributed by atoms with E-state index in [1.165, 1.54) is 5.56 Å². The topological polar surface area (TPSA) is 106 Å². The van der Waals surface area contributed by atoms with Crippen LogP contribution >= 0.6 is 0 Å². The van der Waals surface area contributed by atoms with Gasteiger partial charge in [-0.05, 0) is 74.8 Å². The number of hydrogen-bond acceptors (Lipinski definition) is 6. The molecule has 0 unspecified atom stereocenters. The van der Waals surface area contributed by atoms with Gasteiger partial charge in [-0.15, -0.1) is 0 Å². The van der Waals surface area contributed by atoms with Crippen LogP contribution in [0.5, 0.6) is 0 Å². The largest absolute Gasteiger partial charge is 0.387 e. The SMILES string of the molecule is CC=C(N=C(N)C1CCN(Cc2ccc(-c3nc4ccnc(CCN)c4cc3-c3ccccc3)cc2)CC1)c1ccccn1. The quantitative estimate of drug-likeness (QED) is 0.152. The molecule has 1 aliphatic heterocycles. The van der Waals surface area contributed by atoms with Crippen LogP contribution in [0.3, 0.4) is 0 Å². The van der Waals surface area contributed by atoms with Gasteiger partial charge < -0.3 is 11.5 Å². The van der Waals surface area contributed by atoms with Crippen molar-refractivity contribution in [1.82, 2.24) is 19.9 Å². The lowest BCUT2D eigenvalue weighted by Gasteiger charge is -2.31. The fourth-order valence-electron chi connectivity index (χ4n) is 5.97. The monoisotopic (exact) mass is 581 g/mol. The minimum atomic E-state index is 0.281. The first kappa shape index (κ1) is 29.4. The molecule has 3 aromatic heterocycles. The summed E-state index contributed by atoms with van der Waals surface area (Å²) in [7, 11) is 0. The summed E-state index contributed by atoms with van der Waals surface area (Å²) in [4.78, 5) is 21.4. The molecule has 44 heavy (non-hydrogen) atoms. The lowest BCUT2D eigenvalue weighted by molar-refractivity contribution is 0.201. The van der Waals surface area contributed by atoms with E-state index in [1.807, 2.05) is 49.5 Å². The highest BCUT2D eigenvalue weighted by molar-refractivity contribution is 5.92. The highest BCUT2D eigenvalue weighted by Gasteiger charge is 2.23. The number of benzene rings is 2. The summed E-state index contributed by atoms with van der Waals surface area (Å²) in [6.07, 6.45) is 8.30. The Morgan fingerprint density at radius 3 is 2.39 bits per heavy atom. The van der Waals surface area contributed by atoms with Crippen molar-refractivity contribution in [3.05, 3.63) is 120 Å². The number of nitrogens with zero attached hydrogens (tertiary/aromatic N) is 5. The van der Waals surface area contributed by atoms with Crippen molar-refractivity contribution in [3.8, 4) is 22.4 Å². The first-order valence-corrected chi connectivity index (χ1v) is 15.4. The molecule has 7 heteroatoms. The fraction of sp³-hybridized carbons (Fsp3) is 0.243. The Labute approximate surface area is 259 Å². The normalized spacial score (nSPS) is 15.1. The second-order valence-corrected chi connectivity index (χ2v) is 11.3. The van der Waals surface area contributed by atoms with Gasteiger partial charge in [-0.3, -0.25) is 14.9 Å². The molecule has 0 bridgehead atoms. The molecule has 2 aromatic carbocycles. The van der Waals surface area contributed by atoms with E-state index >= 15 is 0 Å². The zero-order chi connectivity index (χ0) is 30.3. The number of aliphatic imine (C=N–C) groups is 1. The Kier molecular flexibility index (Phi) is 9.15. The van der Waals surface area contributed by atoms with Gasteiger partial charge in [-0.1, -0.05) is 66.7 Å². The van der Waals surface area contributed by atoms with Crippen molar-refractivity contribution >= 4 is 22.4 Å². The minimum Gasteiger partial charge on any atom is -0.387 e. The summed E-state index contributed by atoms with van der Waals surface area (Å²) in [6.45, 7) is 5.41. The van der Waals surface area contributed by atoms with Gasteiger partial charge in [-0.25, -0.2) is 9.98 Å². The second kappa shape index (κ2) is 13.7. The van der Waals surface area contributed by atoms with Crippen LogP contribution < -0.4 is 11.5 Å². The van der Waals surface area contributed by atoms with Crippen LogP contribution in [0.15, 0.2) is 108 Å². The highest BCUT2D eigenvalue weighted by atomic mass is 15.1. The van der Waals surface area contributed by atoms with E-state index < -0.39 is 0 Å².